The predicted molar refractivity (Wildman–Crippen MR) is 154 cm³/mol. The summed E-state index contributed by atoms with van der Waals surface area (Å²) in [5, 5.41) is 3.35. The molecule has 5 nitrogen and oxygen atoms in total. The Bertz CT molecular complexity index is 1440. The van der Waals surface area contributed by atoms with Crippen LogP contribution in [0.1, 0.15) is 28.2 Å². The van der Waals surface area contributed by atoms with Gasteiger partial charge in [-0.15, -0.1) is 12.4 Å². The molecule has 1 aliphatic carbocycles. The Morgan fingerprint density at radius 1 is 0.923 bits per heavy atom. The Morgan fingerprint density at radius 3 is 2.46 bits per heavy atom. The van der Waals surface area contributed by atoms with Gasteiger partial charge in [0.2, 0.25) is 5.95 Å². The molecule has 0 saturated carbocycles. The van der Waals surface area contributed by atoms with E-state index in [9.17, 15) is 8.78 Å². The lowest BCUT2D eigenvalue weighted by molar-refractivity contribution is 0.155. The first-order valence-corrected chi connectivity index (χ1v) is 13.2. The SMILES string of the molecule is CN1CCN(CCc2ccc(Nc3ncc4c(n3)-c3ccccc3[C@H](c3ccc(F)c(F)c3)C4)cc2)CC1.Cl. The number of likely N-dealkylation sites (N-methyl/N-ethyl adjacent to an activating group) is 1. The molecule has 1 aromatic heterocycles. The molecule has 4 aromatic rings. The zero-order valence-electron chi connectivity index (χ0n) is 21.9. The lowest BCUT2D eigenvalue weighted by Gasteiger charge is -2.32. The summed E-state index contributed by atoms with van der Waals surface area (Å²) in [6.45, 7) is 5.63. The molecule has 1 aliphatic heterocycles. The lowest BCUT2D eigenvalue weighted by Crippen LogP contribution is -2.45. The summed E-state index contributed by atoms with van der Waals surface area (Å²) in [5.41, 5.74) is 6.92. The van der Waals surface area contributed by atoms with E-state index >= 15 is 0 Å². The molecule has 3 aromatic carbocycles. The summed E-state index contributed by atoms with van der Waals surface area (Å²) in [5.74, 6) is -1.21. The van der Waals surface area contributed by atoms with Gasteiger partial charge in [-0.3, -0.25) is 0 Å². The van der Waals surface area contributed by atoms with Crippen LogP contribution in [0.25, 0.3) is 11.3 Å². The second-order valence-corrected chi connectivity index (χ2v) is 10.3. The largest absolute Gasteiger partial charge is 0.324 e. The third kappa shape index (κ3) is 5.96. The van der Waals surface area contributed by atoms with Crippen molar-refractivity contribution in [3.8, 4) is 11.3 Å². The number of hydrogen-bond donors (Lipinski definition) is 1. The normalized spacial score (nSPS) is 17.2. The number of nitrogens with one attached hydrogen (secondary N) is 1. The number of hydrogen-bond acceptors (Lipinski definition) is 5. The number of fused-ring (bicyclic) bond motifs is 3. The van der Waals surface area contributed by atoms with Gasteiger partial charge in [-0.05, 0) is 66.4 Å². The molecule has 2 aliphatic rings. The number of rotatable bonds is 6. The summed E-state index contributed by atoms with van der Waals surface area (Å²) in [6, 6.07) is 20.7. The number of anilines is 2. The Labute approximate surface area is 234 Å². The average molecular weight is 548 g/mol. The van der Waals surface area contributed by atoms with Gasteiger partial charge in [0.25, 0.3) is 0 Å². The van der Waals surface area contributed by atoms with Gasteiger partial charge in [-0.2, -0.15) is 0 Å². The highest BCUT2D eigenvalue weighted by atomic mass is 35.5. The molecule has 1 fully saturated rings. The third-order valence-electron chi connectivity index (χ3n) is 7.75. The van der Waals surface area contributed by atoms with E-state index in [4.69, 9.17) is 4.98 Å². The van der Waals surface area contributed by atoms with E-state index in [1.165, 1.54) is 17.7 Å². The Balaban J connectivity index is 0.00000308. The van der Waals surface area contributed by atoms with Gasteiger partial charge in [0.1, 0.15) is 0 Å². The number of benzene rings is 3. The van der Waals surface area contributed by atoms with Crippen molar-refractivity contribution in [2.24, 2.45) is 0 Å². The second-order valence-electron chi connectivity index (χ2n) is 10.3. The fourth-order valence-corrected chi connectivity index (χ4v) is 5.47. The fraction of sp³-hybridized carbons (Fsp3) is 0.290. The molecule has 0 spiro atoms. The second kappa shape index (κ2) is 11.8. The Hall–Kier alpha value is -3.39. The minimum absolute atomic E-state index is 0. The quantitative estimate of drug-likeness (QED) is 0.318. The van der Waals surface area contributed by atoms with Crippen LogP contribution in [0.5, 0.6) is 0 Å². The van der Waals surface area contributed by atoms with Crippen molar-refractivity contribution < 1.29 is 8.78 Å². The highest BCUT2D eigenvalue weighted by Crippen LogP contribution is 2.42. The molecule has 0 radical (unpaired) electrons. The molecule has 0 bridgehead atoms. The van der Waals surface area contributed by atoms with Crippen molar-refractivity contribution >= 4 is 24.0 Å². The molecular formula is C31H32ClF2N5. The van der Waals surface area contributed by atoms with Gasteiger partial charge in [-0.1, -0.05) is 42.5 Å². The van der Waals surface area contributed by atoms with E-state index in [1.807, 2.05) is 30.5 Å². The van der Waals surface area contributed by atoms with Gasteiger partial charge in [-0.25, -0.2) is 18.7 Å². The zero-order valence-corrected chi connectivity index (χ0v) is 22.7. The van der Waals surface area contributed by atoms with Crippen molar-refractivity contribution in [1.82, 2.24) is 19.8 Å². The van der Waals surface area contributed by atoms with Gasteiger partial charge in [0.15, 0.2) is 11.6 Å². The van der Waals surface area contributed by atoms with E-state index in [0.29, 0.717) is 12.4 Å². The van der Waals surface area contributed by atoms with Gasteiger partial charge >= 0.3 is 0 Å². The van der Waals surface area contributed by atoms with E-state index in [0.717, 1.165) is 72.8 Å². The number of piperazine rings is 1. The maximum atomic E-state index is 14.0. The van der Waals surface area contributed by atoms with Crippen LogP contribution in [0.15, 0.2) is 72.9 Å². The summed E-state index contributed by atoms with van der Waals surface area (Å²) in [4.78, 5) is 14.4. The number of aromatic nitrogens is 2. The molecule has 39 heavy (non-hydrogen) atoms. The first-order valence-electron chi connectivity index (χ1n) is 13.2. The Morgan fingerprint density at radius 2 is 1.69 bits per heavy atom. The minimum atomic E-state index is -0.833. The standard InChI is InChI=1S/C31H31F2N5.ClH/c1-37-14-16-38(17-15-37)13-12-21-6-9-24(10-7-21)35-31-34-20-23-18-27(22-8-11-28(32)29(33)19-22)25-4-2-3-5-26(25)30(23)36-31;/h2-11,19-20,27H,12-18H2,1H3,(H,34,35,36);1H/t27-;/m0./s1. The molecule has 8 heteroatoms. The molecular weight excluding hydrogens is 516 g/mol. The monoisotopic (exact) mass is 547 g/mol. The first-order chi connectivity index (χ1) is 18.5. The van der Waals surface area contributed by atoms with Crippen molar-refractivity contribution in [3.05, 3.63) is 107 Å². The van der Waals surface area contributed by atoms with E-state index in [-0.39, 0.29) is 18.3 Å². The van der Waals surface area contributed by atoms with Gasteiger partial charge < -0.3 is 15.1 Å². The molecule has 6 rings (SSSR count). The van der Waals surface area contributed by atoms with E-state index in [1.54, 1.807) is 6.07 Å². The fourth-order valence-electron chi connectivity index (χ4n) is 5.47. The van der Waals surface area contributed by atoms with E-state index < -0.39 is 11.6 Å². The summed E-state index contributed by atoms with van der Waals surface area (Å²) in [7, 11) is 2.18. The topological polar surface area (TPSA) is 44.3 Å². The zero-order chi connectivity index (χ0) is 26.1. The number of nitrogens with zero attached hydrogens (tertiary/aromatic N) is 4. The molecule has 2 heterocycles. The lowest BCUT2D eigenvalue weighted by atomic mass is 9.78. The molecule has 0 amide bonds. The van der Waals surface area contributed by atoms with Gasteiger partial charge in [0, 0.05) is 56.1 Å². The predicted octanol–water partition coefficient (Wildman–Crippen LogP) is 6.07. The summed E-state index contributed by atoms with van der Waals surface area (Å²) >= 11 is 0. The van der Waals surface area contributed by atoms with Crippen molar-refractivity contribution in [1.29, 1.82) is 0 Å². The number of halogens is 3. The van der Waals surface area contributed by atoms with E-state index in [2.05, 4.69) is 51.4 Å². The van der Waals surface area contributed by atoms with Crippen LogP contribution < -0.4 is 5.32 Å². The minimum Gasteiger partial charge on any atom is -0.324 e. The summed E-state index contributed by atoms with van der Waals surface area (Å²) in [6.07, 6.45) is 3.51. The van der Waals surface area contributed by atoms with Crippen LogP contribution in [0.2, 0.25) is 0 Å². The maximum absolute atomic E-state index is 14.0. The third-order valence-corrected chi connectivity index (χ3v) is 7.75. The summed E-state index contributed by atoms with van der Waals surface area (Å²) < 4.78 is 27.6. The van der Waals surface area contributed by atoms with Crippen LogP contribution in [-0.4, -0.2) is 59.5 Å². The smallest absolute Gasteiger partial charge is 0.227 e. The maximum Gasteiger partial charge on any atom is 0.227 e. The van der Waals surface area contributed by atoms with Gasteiger partial charge in [0.05, 0.1) is 5.69 Å². The molecule has 202 valence electrons. The molecule has 0 unspecified atom stereocenters. The highest BCUT2D eigenvalue weighted by Gasteiger charge is 2.28. The van der Waals surface area contributed by atoms with Crippen LogP contribution in [0.3, 0.4) is 0 Å². The molecule has 1 saturated heterocycles. The van der Waals surface area contributed by atoms with Crippen molar-refractivity contribution in [2.75, 3.05) is 45.1 Å². The van der Waals surface area contributed by atoms with Crippen LogP contribution in [0, 0.1) is 11.6 Å². The average Bonchev–Trinajstić information content (AvgIpc) is 2.95. The van der Waals surface area contributed by atoms with Crippen LogP contribution in [-0.2, 0) is 12.8 Å². The van der Waals surface area contributed by atoms with Crippen molar-refractivity contribution in [3.63, 3.8) is 0 Å². The van der Waals surface area contributed by atoms with Crippen molar-refractivity contribution in [2.45, 2.75) is 18.8 Å². The highest BCUT2D eigenvalue weighted by molar-refractivity contribution is 5.85. The Kier molecular flexibility index (Phi) is 8.21. The van der Waals surface area contributed by atoms with Crippen LogP contribution >= 0.6 is 12.4 Å². The first kappa shape index (κ1) is 27.2. The molecule has 1 atom stereocenters. The molecule has 1 N–H and O–H groups in total. The van der Waals surface area contributed by atoms with Crippen LogP contribution in [0.4, 0.5) is 20.4 Å².